The number of nitrogens with zero attached hydrogens (tertiary/aromatic N) is 2. The van der Waals surface area contributed by atoms with Crippen molar-refractivity contribution in [2.24, 2.45) is 4.99 Å². The van der Waals surface area contributed by atoms with Crippen LogP contribution in [0.15, 0.2) is 35.3 Å². The van der Waals surface area contributed by atoms with Crippen LogP contribution in [0.3, 0.4) is 0 Å². The van der Waals surface area contributed by atoms with Gasteiger partial charge in [-0.15, -0.1) is 0 Å². The maximum Gasteiger partial charge on any atom is 0.251 e. The number of carbonyl (C=O) groups excluding carboxylic acids is 1. The molecule has 0 aliphatic heterocycles. The predicted octanol–water partition coefficient (Wildman–Crippen LogP) is 4.93. The Bertz CT molecular complexity index is 641. The molecule has 140 valence electrons. The molecule has 1 amide bonds. The molecule has 0 heterocycles. The van der Waals surface area contributed by atoms with Crippen molar-refractivity contribution in [3.63, 3.8) is 0 Å². The van der Waals surface area contributed by atoms with Crippen molar-refractivity contribution in [1.82, 2.24) is 4.90 Å². The Hall–Kier alpha value is -2.10. The van der Waals surface area contributed by atoms with Crippen LogP contribution in [0, 0.1) is 0 Å². The minimum atomic E-state index is -0.0419. The van der Waals surface area contributed by atoms with Gasteiger partial charge in [0.15, 0.2) is 0 Å². The summed E-state index contributed by atoms with van der Waals surface area (Å²) in [6, 6.07) is 7.68. The van der Waals surface area contributed by atoms with Crippen LogP contribution in [0.2, 0.25) is 0 Å². The number of carbonyl (C=O) groups is 1. The molecule has 4 nitrogen and oxygen atoms in total. The Morgan fingerprint density at radius 2 is 1.65 bits per heavy atom. The number of rotatable bonds is 5. The highest BCUT2D eigenvalue weighted by Gasteiger charge is 2.23. The molecule has 0 bridgehead atoms. The fraction of sp³-hybridized carbons (Fsp3) is 0.545. The normalized spacial score (nSPS) is 20.0. The zero-order chi connectivity index (χ0) is 18.2. The molecule has 1 N–H and O–H groups in total. The third-order valence-electron chi connectivity index (χ3n) is 5.54. The maximum absolute atomic E-state index is 12.9. The third-order valence-corrected chi connectivity index (χ3v) is 5.54. The van der Waals surface area contributed by atoms with E-state index >= 15 is 0 Å². The SMILES string of the molecule is O=C(/C=C/c1ccccc1O)N(C=NC1CCCCC1)C1CCCCC1. The Kier molecular flexibility index (Phi) is 6.87. The molecule has 2 fully saturated rings. The van der Waals surface area contributed by atoms with Gasteiger partial charge in [-0.25, -0.2) is 0 Å². The largest absolute Gasteiger partial charge is 0.507 e. The van der Waals surface area contributed by atoms with Crippen molar-refractivity contribution < 1.29 is 9.90 Å². The van der Waals surface area contributed by atoms with E-state index in [9.17, 15) is 9.90 Å². The van der Waals surface area contributed by atoms with Gasteiger partial charge in [0.1, 0.15) is 5.75 Å². The summed E-state index contributed by atoms with van der Waals surface area (Å²) < 4.78 is 0. The number of hydrogen-bond acceptors (Lipinski definition) is 3. The lowest BCUT2D eigenvalue weighted by Gasteiger charge is -2.31. The van der Waals surface area contributed by atoms with Crippen LogP contribution in [0.1, 0.15) is 69.8 Å². The summed E-state index contributed by atoms with van der Waals surface area (Å²) in [7, 11) is 0. The highest BCUT2D eigenvalue weighted by atomic mass is 16.3. The number of phenolic OH excluding ortho intramolecular Hbond substituents is 1. The maximum atomic E-state index is 12.9. The van der Waals surface area contributed by atoms with Crippen LogP contribution in [-0.4, -0.2) is 34.3 Å². The van der Waals surface area contributed by atoms with Gasteiger partial charge in [-0.3, -0.25) is 14.7 Å². The van der Waals surface area contributed by atoms with Gasteiger partial charge >= 0.3 is 0 Å². The van der Waals surface area contributed by atoms with Crippen LogP contribution in [0.25, 0.3) is 6.08 Å². The Morgan fingerprint density at radius 1 is 1.00 bits per heavy atom. The molecule has 26 heavy (non-hydrogen) atoms. The highest BCUT2D eigenvalue weighted by Crippen LogP contribution is 2.24. The third kappa shape index (κ3) is 5.20. The topological polar surface area (TPSA) is 52.9 Å². The fourth-order valence-electron chi connectivity index (χ4n) is 3.96. The lowest BCUT2D eigenvalue weighted by molar-refractivity contribution is -0.124. The lowest BCUT2D eigenvalue weighted by atomic mass is 9.94. The average molecular weight is 354 g/mol. The monoisotopic (exact) mass is 354 g/mol. The molecular formula is C22H30N2O2. The van der Waals surface area contributed by atoms with Gasteiger partial charge in [0.2, 0.25) is 0 Å². The van der Waals surface area contributed by atoms with Crippen LogP contribution >= 0.6 is 0 Å². The van der Waals surface area contributed by atoms with Crippen LogP contribution in [-0.2, 0) is 4.79 Å². The summed E-state index contributed by atoms with van der Waals surface area (Å²) in [6.45, 7) is 0. The Balaban J connectivity index is 1.72. The lowest BCUT2D eigenvalue weighted by Crippen LogP contribution is -2.40. The molecule has 0 atom stereocenters. The van der Waals surface area contributed by atoms with Crippen molar-refractivity contribution >= 4 is 18.3 Å². The van der Waals surface area contributed by atoms with E-state index in [1.54, 1.807) is 30.4 Å². The van der Waals surface area contributed by atoms with Gasteiger partial charge in [-0.2, -0.15) is 0 Å². The molecule has 3 rings (SSSR count). The first kappa shape index (κ1) is 18.7. The van der Waals surface area contributed by atoms with Gasteiger partial charge in [-0.1, -0.05) is 56.7 Å². The first-order valence-electron chi connectivity index (χ1n) is 10.1. The summed E-state index contributed by atoms with van der Waals surface area (Å²) in [5.41, 5.74) is 0.661. The Morgan fingerprint density at radius 3 is 2.35 bits per heavy atom. The molecule has 2 aliphatic carbocycles. The summed E-state index contributed by atoms with van der Waals surface area (Å²) in [5, 5.41) is 9.88. The van der Waals surface area contributed by atoms with Gasteiger partial charge in [-0.05, 0) is 37.8 Å². The molecule has 2 aliphatic rings. The van der Waals surface area contributed by atoms with E-state index in [1.165, 1.54) is 38.5 Å². The molecule has 0 radical (unpaired) electrons. The number of benzene rings is 1. The van der Waals surface area contributed by atoms with E-state index in [4.69, 9.17) is 4.99 Å². The van der Waals surface area contributed by atoms with Crippen molar-refractivity contribution in [3.8, 4) is 5.75 Å². The molecule has 1 aromatic rings. The van der Waals surface area contributed by atoms with E-state index in [0.717, 1.165) is 25.7 Å². The number of para-hydroxylation sites is 1. The van der Waals surface area contributed by atoms with E-state index < -0.39 is 0 Å². The van der Waals surface area contributed by atoms with E-state index in [2.05, 4.69) is 0 Å². The number of hydrogen-bond donors (Lipinski definition) is 1. The van der Waals surface area contributed by atoms with Gasteiger partial charge in [0.05, 0.1) is 12.4 Å². The summed E-state index contributed by atoms with van der Waals surface area (Å²) in [4.78, 5) is 19.5. The fourth-order valence-corrected chi connectivity index (χ4v) is 3.96. The van der Waals surface area contributed by atoms with Crippen molar-refractivity contribution in [2.45, 2.75) is 76.3 Å². The highest BCUT2D eigenvalue weighted by molar-refractivity contribution is 5.99. The molecule has 0 spiro atoms. The minimum Gasteiger partial charge on any atom is -0.507 e. The Labute approximate surface area is 156 Å². The van der Waals surface area contributed by atoms with E-state index in [0.29, 0.717) is 11.6 Å². The zero-order valence-electron chi connectivity index (χ0n) is 15.5. The van der Waals surface area contributed by atoms with Gasteiger partial charge < -0.3 is 5.11 Å². The molecule has 1 aromatic carbocycles. The van der Waals surface area contributed by atoms with Crippen molar-refractivity contribution in [2.75, 3.05) is 0 Å². The second kappa shape index (κ2) is 9.56. The molecule has 0 aromatic heterocycles. The van der Waals surface area contributed by atoms with Crippen LogP contribution in [0.4, 0.5) is 0 Å². The second-order valence-corrected chi connectivity index (χ2v) is 7.49. The predicted molar refractivity (Wildman–Crippen MR) is 106 cm³/mol. The smallest absolute Gasteiger partial charge is 0.251 e. The number of aromatic hydroxyl groups is 1. The molecule has 2 saturated carbocycles. The van der Waals surface area contributed by atoms with Crippen molar-refractivity contribution in [1.29, 1.82) is 0 Å². The number of amides is 1. The molecule has 4 heteroatoms. The van der Waals surface area contributed by atoms with Gasteiger partial charge in [0.25, 0.3) is 5.91 Å². The van der Waals surface area contributed by atoms with E-state index in [-0.39, 0.29) is 17.7 Å². The first-order chi connectivity index (χ1) is 12.7. The number of phenols is 1. The molecule has 0 saturated heterocycles. The first-order valence-corrected chi connectivity index (χ1v) is 10.1. The summed E-state index contributed by atoms with van der Waals surface area (Å²) in [6.07, 6.45) is 16.8. The minimum absolute atomic E-state index is 0.0419. The second-order valence-electron chi connectivity index (χ2n) is 7.49. The van der Waals surface area contributed by atoms with E-state index in [1.807, 2.05) is 17.3 Å². The molecular weight excluding hydrogens is 324 g/mol. The van der Waals surface area contributed by atoms with Crippen LogP contribution in [0.5, 0.6) is 5.75 Å². The summed E-state index contributed by atoms with van der Waals surface area (Å²) in [5.74, 6) is 0.149. The zero-order valence-corrected chi connectivity index (χ0v) is 15.5. The van der Waals surface area contributed by atoms with Crippen molar-refractivity contribution in [3.05, 3.63) is 35.9 Å². The number of aliphatic imine (C=N–C) groups is 1. The van der Waals surface area contributed by atoms with Gasteiger partial charge in [0, 0.05) is 17.7 Å². The molecule has 0 unspecified atom stereocenters. The average Bonchev–Trinajstić information content (AvgIpc) is 2.69. The summed E-state index contributed by atoms with van der Waals surface area (Å²) >= 11 is 0. The quantitative estimate of drug-likeness (QED) is 0.463. The standard InChI is InChI=1S/C22H30N2O2/c25-21-14-8-7-9-18(21)15-16-22(26)24(20-12-5-2-6-13-20)17-23-19-10-3-1-4-11-19/h7-9,14-17,19-20,25H,1-6,10-13H2/b16-15+,23-17?. The van der Waals surface area contributed by atoms with Crippen LogP contribution < -0.4 is 0 Å².